The number of nitro groups is 1. The molecule has 2 aromatic carbocycles. The van der Waals surface area contributed by atoms with Crippen molar-refractivity contribution in [3.8, 4) is 22.6 Å². The maximum absolute atomic E-state index is 12.6. The third kappa shape index (κ3) is 4.10. The summed E-state index contributed by atoms with van der Waals surface area (Å²) in [5.74, 6) is 0.516. The molecule has 1 amide bonds. The average Bonchev–Trinajstić information content (AvgIpc) is 3.41. The topological polar surface area (TPSA) is 124 Å². The number of para-hydroxylation sites is 1. The number of rotatable bonds is 6. The zero-order valence-corrected chi connectivity index (χ0v) is 16.3. The molecule has 9 nitrogen and oxygen atoms in total. The minimum absolute atomic E-state index is 0.0648. The Kier molecular flexibility index (Phi) is 5.39. The third-order valence-electron chi connectivity index (χ3n) is 4.49. The van der Waals surface area contributed by atoms with Crippen LogP contribution in [0.1, 0.15) is 21.9 Å². The number of benzene rings is 2. The molecule has 1 N–H and O–H groups in total. The Morgan fingerprint density at radius 2 is 1.84 bits per heavy atom. The fourth-order valence-corrected chi connectivity index (χ4v) is 3.05. The van der Waals surface area contributed by atoms with Gasteiger partial charge in [0.05, 0.1) is 16.7 Å². The van der Waals surface area contributed by atoms with Gasteiger partial charge in [0.1, 0.15) is 28.5 Å². The molecule has 0 radical (unpaired) electrons. The SMILES string of the molecule is Cc1onc(-c2ccccc2)c1C(=O)NN=Cc1ccc(-c2ccccc2[N+](=O)[O-])o1. The largest absolute Gasteiger partial charge is 0.455 e. The molecule has 0 aliphatic rings. The Hall–Kier alpha value is -4.53. The van der Waals surface area contributed by atoms with E-state index in [-0.39, 0.29) is 11.3 Å². The molecule has 0 atom stereocenters. The van der Waals surface area contributed by atoms with Crippen molar-refractivity contribution in [3.63, 3.8) is 0 Å². The standard InChI is InChI=1S/C22H16N4O5/c1-14-20(21(25-31-14)15-7-3-2-4-8-15)22(27)24-23-13-16-11-12-19(30-16)17-9-5-6-10-18(17)26(28)29/h2-13H,1H3,(H,24,27). The number of aromatic nitrogens is 1. The van der Waals surface area contributed by atoms with Gasteiger partial charge in [-0.05, 0) is 25.1 Å². The number of carbonyl (C=O) groups excluding carboxylic acids is 1. The molecule has 0 saturated heterocycles. The molecule has 9 heteroatoms. The van der Waals surface area contributed by atoms with Gasteiger partial charge >= 0.3 is 0 Å². The highest BCUT2D eigenvalue weighted by molar-refractivity contribution is 6.01. The van der Waals surface area contributed by atoms with E-state index in [0.717, 1.165) is 5.56 Å². The van der Waals surface area contributed by atoms with Gasteiger partial charge in [0, 0.05) is 11.6 Å². The highest BCUT2D eigenvalue weighted by Crippen LogP contribution is 2.30. The van der Waals surface area contributed by atoms with E-state index in [1.165, 1.54) is 12.3 Å². The number of nitrogens with zero attached hydrogens (tertiary/aromatic N) is 3. The summed E-state index contributed by atoms with van der Waals surface area (Å²) in [7, 11) is 0. The van der Waals surface area contributed by atoms with Crippen molar-refractivity contribution in [2.24, 2.45) is 5.10 Å². The first-order valence-corrected chi connectivity index (χ1v) is 9.23. The third-order valence-corrected chi connectivity index (χ3v) is 4.49. The van der Waals surface area contributed by atoms with Gasteiger partial charge in [0.15, 0.2) is 0 Å². The summed E-state index contributed by atoms with van der Waals surface area (Å²) in [4.78, 5) is 23.3. The van der Waals surface area contributed by atoms with Crippen LogP contribution in [-0.4, -0.2) is 22.2 Å². The molecule has 154 valence electrons. The second kappa shape index (κ2) is 8.46. The van der Waals surface area contributed by atoms with E-state index in [2.05, 4.69) is 15.7 Å². The van der Waals surface area contributed by atoms with Crippen LogP contribution in [0.5, 0.6) is 0 Å². The second-order valence-electron chi connectivity index (χ2n) is 6.50. The molecular formula is C22H16N4O5. The van der Waals surface area contributed by atoms with Crippen LogP contribution in [0.2, 0.25) is 0 Å². The Morgan fingerprint density at radius 3 is 2.61 bits per heavy atom. The van der Waals surface area contributed by atoms with Gasteiger partial charge in [-0.2, -0.15) is 5.10 Å². The number of hydrogen-bond donors (Lipinski definition) is 1. The first kappa shape index (κ1) is 19.8. The van der Waals surface area contributed by atoms with E-state index < -0.39 is 10.8 Å². The molecule has 0 saturated carbocycles. The Balaban J connectivity index is 1.51. The lowest BCUT2D eigenvalue weighted by Crippen LogP contribution is -2.18. The smallest absolute Gasteiger partial charge is 0.280 e. The number of amides is 1. The number of hydrazone groups is 1. The lowest BCUT2D eigenvalue weighted by atomic mass is 10.1. The van der Waals surface area contributed by atoms with Gasteiger partial charge in [-0.3, -0.25) is 14.9 Å². The molecule has 0 aliphatic heterocycles. The van der Waals surface area contributed by atoms with E-state index in [1.54, 1.807) is 37.3 Å². The molecule has 31 heavy (non-hydrogen) atoms. The van der Waals surface area contributed by atoms with Gasteiger partial charge in [-0.1, -0.05) is 47.6 Å². The monoisotopic (exact) mass is 416 g/mol. The second-order valence-corrected chi connectivity index (χ2v) is 6.50. The molecule has 0 bridgehead atoms. The zero-order chi connectivity index (χ0) is 21.8. The number of carbonyl (C=O) groups is 1. The van der Waals surface area contributed by atoms with Crippen LogP contribution in [0.15, 0.2) is 80.8 Å². The van der Waals surface area contributed by atoms with Crippen molar-refractivity contribution in [1.29, 1.82) is 0 Å². The summed E-state index contributed by atoms with van der Waals surface area (Å²) in [6.07, 6.45) is 1.31. The molecule has 2 heterocycles. The fourth-order valence-electron chi connectivity index (χ4n) is 3.05. The summed E-state index contributed by atoms with van der Waals surface area (Å²) >= 11 is 0. The van der Waals surface area contributed by atoms with Crippen molar-refractivity contribution in [1.82, 2.24) is 10.6 Å². The van der Waals surface area contributed by atoms with Gasteiger partial charge < -0.3 is 8.94 Å². The summed E-state index contributed by atoms with van der Waals surface area (Å²) in [6.45, 7) is 1.64. The maximum atomic E-state index is 12.6. The van der Waals surface area contributed by atoms with Crippen molar-refractivity contribution in [2.75, 3.05) is 0 Å². The first-order valence-electron chi connectivity index (χ1n) is 9.23. The Morgan fingerprint density at radius 1 is 1.10 bits per heavy atom. The summed E-state index contributed by atoms with van der Waals surface area (Å²) in [6, 6.07) is 18.7. The van der Waals surface area contributed by atoms with E-state index in [1.807, 2.05) is 30.3 Å². The van der Waals surface area contributed by atoms with Gasteiger partial charge in [-0.25, -0.2) is 5.43 Å². The Labute approximate surface area is 176 Å². The van der Waals surface area contributed by atoms with Crippen molar-refractivity contribution in [3.05, 3.63) is 93.9 Å². The average molecular weight is 416 g/mol. The van der Waals surface area contributed by atoms with Gasteiger partial charge in [-0.15, -0.1) is 0 Å². The van der Waals surface area contributed by atoms with Crippen LogP contribution >= 0.6 is 0 Å². The van der Waals surface area contributed by atoms with Crippen LogP contribution in [0.25, 0.3) is 22.6 Å². The predicted molar refractivity (Wildman–Crippen MR) is 113 cm³/mol. The highest BCUT2D eigenvalue weighted by Gasteiger charge is 2.21. The van der Waals surface area contributed by atoms with Crippen LogP contribution in [-0.2, 0) is 0 Å². The lowest BCUT2D eigenvalue weighted by molar-refractivity contribution is -0.384. The van der Waals surface area contributed by atoms with E-state index in [4.69, 9.17) is 8.94 Å². The molecule has 2 aromatic heterocycles. The minimum atomic E-state index is -0.487. The van der Waals surface area contributed by atoms with Crippen LogP contribution in [0.4, 0.5) is 5.69 Å². The van der Waals surface area contributed by atoms with Gasteiger partial charge in [0.2, 0.25) is 0 Å². The number of hydrogen-bond acceptors (Lipinski definition) is 7. The quantitative estimate of drug-likeness (QED) is 0.279. The normalized spacial score (nSPS) is 11.0. The number of nitro benzene ring substituents is 1. The summed E-state index contributed by atoms with van der Waals surface area (Å²) in [5.41, 5.74) is 4.16. The van der Waals surface area contributed by atoms with Gasteiger partial charge in [0.25, 0.3) is 11.6 Å². The number of aryl methyl sites for hydroxylation is 1. The lowest BCUT2D eigenvalue weighted by Gasteiger charge is -2.01. The number of nitrogens with one attached hydrogen (secondary N) is 1. The van der Waals surface area contributed by atoms with Crippen molar-refractivity contribution in [2.45, 2.75) is 6.92 Å². The predicted octanol–water partition coefficient (Wildman–Crippen LogP) is 4.58. The molecular weight excluding hydrogens is 400 g/mol. The van der Waals surface area contributed by atoms with Crippen LogP contribution in [0, 0.1) is 17.0 Å². The van der Waals surface area contributed by atoms with E-state index >= 15 is 0 Å². The van der Waals surface area contributed by atoms with E-state index in [0.29, 0.717) is 28.5 Å². The molecule has 0 spiro atoms. The van der Waals surface area contributed by atoms with Crippen molar-refractivity contribution < 1.29 is 18.7 Å². The summed E-state index contributed by atoms with van der Waals surface area (Å²) < 4.78 is 10.8. The maximum Gasteiger partial charge on any atom is 0.280 e. The van der Waals surface area contributed by atoms with Crippen LogP contribution < -0.4 is 5.43 Å². The number of furan rings is 1. The molecule has 4 aromatic rings. The highest BCUT2D eigenvalue weighted by atomic mass is 16.6. The first-order chi connectivity index (χ1) is 15.0. The van der Waals surface area contributed by atoms with E-state index in [9.17, 15) is 14.9 Å². The zero-order valence-electron chi connectivity index (χ0n) is 16.3. The molecule has 0 unspecified atom stereocenters. The minimum Gasteiger partial charge on any atom is -0.455 e. The molecule has 0 aliphatic carbocycles. The summed E-state index contributed by atoms with van der Waals surface area (Å²) in [5, 5.41) is 19.1. The molecule has 4 rings (SSSR count). The van der Waals surface area contributed by atoms with Crippen LogP contribution in [0.3, 0.4) is 0 Å². The Bertz CT molecular complexity index is 1270. The fraction of sp³-hybridized carbons (Fsp3) is 0.0455. The van der Waals surface area contributed by atoms with Crippen molar-refractivity contribution >= 4 is 17.8 Å². The molecule has 0 fully saturated rings.